The normalized spacial score (nSPS) is 14.7. The quantitative estimate of drug-likeness (QED) is 0.568. The molecule has 0 spiro atoms. The van der Waals surface area contributed by atoms with Crippen LogP contribution in [-0.2, 0) is 21.4 Å². The Morgan fingerprint density at radius 3 is 2.48 bits per heavy atom. The summed E-state index contributed by atoms with van der Waals surface area (Å²) in [5.74, 6) is 0.129. The van der Waals surface area contributed by atoms with E-state index in [0.29, 0.717) is 44.3 Å². The number of carbonyl (C=O) groups is 1. The first-order valence-corrected chi connectivity index (χ1v) is 12.8. The minimum absolute atomic E-state index is 0.208. The first kappa shape index (κ1) is 24.9. The number of methoxy groups -OCH3 is 1. The van der Waals surface area contributed by atoms with Crippen molar-refractivity contribution < 1.29 is 22.7 Å². The van der Waals surface area contributed by atoms with E-state index < -0.39 is 21.7 Å². The van der Waals surface area contributed by atoms with Gasteiger partial charge in [0.1, 0.15) is 5.75 Å². The Morgan fingerprint density at radius 1 is 1.06 bits per heavy atom. The lowest BCUT2D eigenvalue weighted by Gasteiger charge is -2.35. The number of nitrogens with zero attached hydrogens (tertiary/aromatic N) is 2. The van der Waals surface area contributed by atoms with Gasteiger partial charge in [-0.1, -0.05) is 25.1 Å². The van der Waals surface area contributed by atoms with E-state index in [1.807, 2.05) is 38.1 Å². The van der Waals surface area contributed by atoms with Crippen molar-refractivity contribution in [2.45, 2.75) is 26.8 Å². The van der Waals surface area contributed by atoms with Gasteiger partial charge in [-0.2, -0.15) is 4.31 Å². The van der Waals surface area contributed by atoms with Crippen LogP contribution in [0.25, 0.3) is 0 Å². The summed E-state index contributed by atoms with van der Waals surface area (Å²) in [6, 6.07) is 13.6. The van der Waals surface area contributed by atoms with Crippen LogP contribution in [0.5, 0.6) is 11.5 Å². The molecule has 3 rings (SSSR count). The third-order valence-corrected chi connectivity index (χ3v) is 7.27. The lowest BCUT2D eigenvalue weighted by atomic mass is 10.2. The number of sulfonamides is 1. The summed E-state index contributed by atoms with van der Waals surface area (Å²) in [7, 11) is -2.12. The Bertz CT molecular complexity index is 1050. The van der Waals surface area contributed by atoms with Crippen LogP contribution in [-0.4, -0.2) is 64.3 Å². The second-order valence-electron chi connectivity index (χ2n) is 8.09. The molecule has 2 aromatic rings. The number of rotatable bonds is 10. The molecule has 0 aliphatic carbocycles. The van der Waals surface area contributed by atoms with Crippen molar-refractivity contribution in [3.05, 3.63) is 53.6 Å². The lowest BCUT2D eigenvalue weighted by molar-refractivity contribution is -0.118. The number of piperazine rings is 1. The van der Waals surface area contributed by atoms with E-state index in [1.54, 1.807) is 19.2 Å². The maximum Gasteiger partial charge on any atom is 0.236 e. The second-order valence-corrected chi connectivity index (χ2v) is 10.1. The fraction of sp³-hybridized carbons (Fsp3) is 0.458. The molecule has 0 aromatic heterocycles. The van der Waals surface area contributed by atoms with Crippen molar-refractivity contribution in [3.63, 3.8) is 0 Å². The van der Waals surface area contributed by atoms with Crippen LogP contribution in [0.2, 0.25) is 0 Å². The molecule has 1 amide bonds. The van der Waals surface area contributed by atoms with Gasteiger partial charge in [0.25, 0.3) is 0 Å². The molecular weight excluding hydrogens is 442 g/mol. The first-order chi connectivity index (χ1) is 15.8. The predicted molar refractivity (Wildman–Crippen MR) is 129 cm³/mol. The molecule has 1 aliphatic rings. The SMILES string of the molecule is CCCOc1ccc(CNC(=O)CS(=O)(=O)N2CCN(c3cccc(C)c3)CC2)cc1OC. The summed E-state index contributed by atoms with van der Waals surface area (Å²) in [5.41, 5.74) is 3.06. The van der Waals surface area contributed by atoms with E-state index in [9.17, 15) is 13.2 Å². The van der Waals surface area contributed by atoms with Crippen molar-refractivity contribution in [2.75, 3.05) is 50.5 Å². The number of ether oxygens (including phenoxy) is 2. The average Bonchev–Trinajstić information content (AvgIpc) is 2.81. The Morgan fingerprint density at radius 2 is 1.82 bits per heavy atom. The molecule has 1 heterocycles. The van der Waals surface area contributed by atoms with Crippen LogP contribution in [0.15, 0.2) is 42.5 Å². The molecule has 0 saturated carbocycles. The van der Waals surface area contributed by atoms with Crippen molar-refractivity contribution in [1.29, 1.82) is 0 Å². The Hall–Kier alpha value is -2.78. The predicted octanol–water partition coefficient (Wildman–Crippen LogP) is 2.56. The first-order valence-electron chi connectivity index (χ1n) is 11.2. The van der Waals surface area contributed by atoms with Gasteiger partial charge in [0, 0.05) is 38.4 Å². The van der Waals surface area contributed by atoms with Gasteiger partial charge in [0.2, 0.25) is 15.9 Å². The zero-order valence-electron chi connectivity index (χ0n) is 19.5. The largest absolute Gasteiger partial charge is 0.493 e. The van der Waals surface area contributed by atoms with Crippen LogP contribution in [0, 0.1) is 6.92 Å². The number of hydrogen-bond acceptors (Lipinski definition) is 6. The molecule has 1 fully saturated rings. The Kier molecular flexibility index (Phi) is 8.57. The monoisotopic (exact) mass is 475 g/mol. The summed E-state index contributed by atoms with van der Waals surface area (Å²) in [5, 5.41) is 2.70. The molecule has 1 saturated heterocycles. The Labute approximate surface area is 196 Å². The second kappa shape index (κ2) is 11.4. The summed E-state index contributed by atoms with van der Waals surface area (Å²) < 4.78 is 37.9. The lowest BCUT2D eigenvalue weighted by Crippen LogP contribution is -2.50. The molecule has 0 radical (unpaired) electrons. The van der Waals surface area contributed by atoms with E-state index in [2.05, 4.69) is 16.3 Å². The standard InChI is InChI=1S/C24H33N3O5S/c1-4-14-32-22-9-8-20(16-23(22)31-3)17-25-24(28)18-33(29,30)27-12-10-26(11-13-27)21-7-5-6-19(2)15-21/h5-9,15-16H,4,10-14,17-18H2,1-3H3,(H,25,28). The zero-order chi connectivity index (χ0) is 23.8. The molecule has 33 heavy (non-hydrogen) atoms. The number of nitrogens with one attached hydrogen (secondary N) is 1. The van der Waals surface area contributed by atoms with Crippen molar-refractivity contribution in [1.82, 2.24) is 9.62 Å². The fourth-order valence-electron chi connectivity index (χ4n) is 3.71. The number of hydrogen-bond donors (Lipinski definition) is 1. The molecule has 8 nitrogen and oxygen atoms in total. The molecule has 1 N–H and O–H groups in total. The van der Waals surface area contributed by atoms with E-state index >= 15 is 0 Å². The van der Waals surface area contributed by atoms with Crippen LogP contribution in [0.4, 0.5) is 5.69 Å². The summed E-state index contributed by atoms with van der Waals surface area (Å²) in [6.07, 6.45) is 0.885. The molecule has 1 aliphatic heterocycles. The highest BCUT2D eigenvalue weighted by Gasteiger charge is 2.29. The minimum atomic E-state index is -3.68. The molecular formula is C24H33N3O5S. The molecule has 9 heteroatoms. The van der Waals surface area contributed by atoms with Gasteiger partial charge in [-0.05, 0) is 48.7 Å². The summed E-state index contributed by atoms with van der Waals surface area (Å²) in [4.78, 5) is 14.5. The highest BCUT2D eigenvalue weighted by atomic mass is 32.2. The molecule has 0 atom stereocenters. The maximum atomic E-state index is 12.8. The van der Waals surface area contributed by atoms with Gasteiger partial charge < -0.3 is 19.7 Å². The average molecular weight is 476 g/mol. The fourth-order valence-corrected chi connectivity index (χ4v) is 5.05. The number of anilines is 1. The van der Waals surface area contributed by atoms with Crippen molar-refractivity contribution in [2.24, 2.45) is 0 Å². The summed E-state index contributed by atoms with van der Waals surface area (Å²) in [6.45, 7) is 6.76. The Balaban J connectivity index is 1.51. The topological polar surface area (TPSA) is 88.2 Å². The van der Waals surface area contributed by atoms with Crippen LogP contribution < -0.4 is 19.7 Å². The van der Waals surface area contributed by atoms with Crippen LogP contribution in [0.3, 0.4) is 0 Å². The van der Waals surface area contributed by atoms with Gasteiger partial charge in [0.05, 0.1) is 13.7 Å². The molecule has 0 bridgehead atoms. The number of amides is 1. The molecule has 2 aromatic carbocycles. The molecule has 180 valence electrons. The van der Waals surface area contributed by atoms with Crippen LogP contribution in [0.1, 0.15) is 24.5 Å². The van der Waals surface area contributed by atoms with Crippen molar-refractivity contribution >= 4 is 21.6 Å². The molecule has 0 unspecified atom stereocenters. The third kappa shape index (κ3) is 6.85. The third-order valence-electron chi connectivity index (χ3n) is 5.49. The number of aryl methyl sites for hydroxylation is 1. The number of benzene rings is 2. The van der Waals surface area contributed by atoms with Crippen molar-refractivity contribution in [3.8, 4) is 11.5 Å². The van der Waals surface area contributed by atoms with Gasteiger partial charge in [-0.3, -0.25) is 4.79 Å². The highest BCUT2D eigenvalue weighted by Crippen LogP contribution is 2.28. The van der Waals surface area contributed by atoms with E-state index in [1.165, 1.54) is 9.87 Å². The number of carbonyl (C=O) groups excluding carboxylic acids is 1. The highest BCUT2D eigenvalue weighted by molar-refractivity contribution is 7.89. The maximum absolute atomic E-state index is 12.8. The van der Waals surface area contributed by atoms with Gasteiger partial charge >= 0.3 is 0 Å². The van der Waals surface area contributed by atoms with Gasteiger partial charge in [-0.25, -0.2) is 8.42 Å². The van der Waals surface area contributed by atoms with Gasteiger partial charge in [-0.15, -0.1) is 0 Å². The summed E-state index contributed by atoms with van der Waals surface area (Å²) >= 11 is 0. The van der Waals surface area contributed by atoms with Crippen LogP contribution >= 0.6 is 0 Å². The van der Waals surface area contributed by atoms with E-state index in [0.717, 1.165) is 17.7 Å². The zero-order valence-corrected chi connectivity index (χ0v) is 20.4. The van der Waals surface area contributed by atoms with E-state index in [4.69, 9.17) is 9.47 Å². The smallest absolute Gasteiger partial charge is 0.236 e. The van der Waals surface area contributed by atoms with Gasteiger partial charge in [0.15, 0.2) is 11.5 Å². The van der Waals surface area contributed by atoms with E-state index in [-0.39, 0.29) is 6.54 Å². The minimum Gasteiger partial charge on any atom is -0.493 e.